The molecule has 0 saturated carbocycles. The minimum atomic E-state index is 0.278. The summed E-state index contributed by atoms with van der Waals surface area (Å²) in [5.41, 5.74) is 0.963. The third kappa shape index (κ3) is 3.84. The van der Waals surface area contributed by atoms with Crippen molar-refractivity contribution in [2.24, 2.45) is 0 Å². The highest BCUT2D eigenvalue weighted by Crippen LogP contribution is 2.37. The number of nitrogens with zero attached hydrogens (tertiary/aromatic N) is 2. The highest BCUT2D eigenvalue weighted by molar-refractivity contribution is 9.10. The van der Waals surface area contributed by atoms with Gasteiger partial charge in [0.05, 0.1) is 11.1 Å². The summed E-state index contributed by atoms with van der Waals surface area (Å²) >= 11 is 9.34. The van der Waals surface area contributed by atoms with Crippen LogP contribution in [0.5, 0.6) is 11.5 Å². The number of benzene rings is 1. The molecule has 1 aromatic heterocycles. The van der Waals surface area contributed by atoms with Gasteiger partial charge in [-0.25, -0.2) is 9.97 Å². The van der Waals surface area contributed by atoms with E-state index in [0.717, 1.165) is 10.0 Å². The maximum absolute atomic E-state index is 5.86. The molecule has 0 aliphatic rings. The number of ether oxygens (including phenoxy) is 2. The number of alkyl halides is 1. The van der Waals surface area contributed by atoms with Gasteiger partial charge in [-0.2, -0.15) is 0 Å². The van der Waals surface area contributed by atoms with Gasteiger partial charge in [0.15, 0.2) is 17.3 Å². The first-order valence-corrected chi connectivity index (χ1v) is 7.47. The van der Waals surface area contributed by atoms with Crippen LogP contribution in [0, 0.1) is 0 Å². The molecule has 2 aromatic rings. The zero-order chi connectivity index (χ0) is 14.4. The van der Waals surface area contributed by atoms with Gasteiger partial charge in [0.25, 0.3) is 0 Å². The summed E-state index contributed by atoms with van der Waals surface area (Å²) in [4.78, 5) is 8.24. The lowest BCUT2D eigenvalue weighted by Crippen LogP contribution is -2.03. The number of halogens is 2. The highest BCUT2D eigenvalue weighted by atomic mass is 79.9. The molecule has 0 N–H and O–H groups in total. The summed E-state index contributed by atoms with van der Waals surface area (Å²) in [7, 11) is 0. The Balaban J connectivity index is 2.21. The van der Waals surface area contributed by atoms with Gasteiger partial charge < -0.3 is 9.47 Å². The molecular weight excluding hydrogens is 344 g/mol. The number of hydrogen-bond donors (Lipinski definition) is 0. The molecule has 0 aliphatic heterocycles. The smallest absolute Gasteiger partial charge is 0.176 e. The van der Waals surface area contributed by atoms with E-state index in [1.807, 2.05) is 19.1 Å². The molecule has 6 heteroatoms. The molecule has 0 saturated heterocycles. The molecule has 0 unspecified atom stereocenters. The molecule has 20 heavy (non-hydrogen) atoms. The summed E-state index contributed by atoms with van der Waals surface area (Å²) in [6.07, 6.45) is 3.36. The van der Waals surface area contributed by atoms with Crippen LogP contribution < -0.4 is 9.47 Å². The van der Waals surface area contributed by atoms with Gasteiger partial charge >= 0.3 is 0 Å². The van der Waals surface area contributed by atoms with Gasteiger partial charge in [0, 0.05) is 18.3 Å². The van der Waals surface area contributed by atoms with E-state index in [1.54, 1.807) is 18.5 Å². The van der Waals surface area contributed by atoms with Crippen LogP contribution in [-0.2, 0) is 12.5 Å². The molecule has 0 amide bonds. The first-order valence-electron chi connectivity index (χ1n) is 6.14. The van der Waals surface area contributed by atoms with Crippen LogP contribution in [0.2, 0.25) is 0 Å². The molecule has 0 spiro atoms. The molecular formula is C14H14BrClN2O2. The van der Waals surface area contributed by atoms with E-state index in [-0.39, 0.29) is 6.61 Å². The van der Waals surface area contributed by atoms with Gasteiger partial charge in [-0.3, -0.25) is 0 Å². The van der Waals surface area contributed by atoms with Crippen molar-refractivity contribution in [3.8, 4) is 11.5 Å². The fourth-order valence-corrected chi connectivity index (χ4v) is 2.40. The normalized spacial score (nSPS) is 10.3. The van der Waals surface area contributed by atoms with Crippen LogP contribution in [0.4, 0.5) is 0 Å². The first kappa shape index (κ1) is 15.1. The van der Waals surface area contributed by atoms with Gasteiger partial charge in [-0.1, -0.05) is 0 Å². The molecule has 106 valence electrons. The molecule has 0 atom stereocenters. The molecule has 0 radical (unpaired) electrons. The molecule has 2 rings (SSSR count). The van der Waals surface area contributed by atoms with Crippen LogP contribution in [0.1, 0.15) is 18.3 Å². The molecule has 0 aliphatic carbocycles. The number of rotatable bonds is 6. The Labute approximate surface area is 131 Å². The first-order chi connectivity index (χ1) is 9.74. The quantitative estimate of drug-likeness (QED) is 0.734. The average Bonchev–Trinajstić information content (AvgIpc) is 2.47. The Morgan fingerprint density at radius 3 is 2.60 bits per heavy atom. The van der Waals surface area contributed by atoms with E-state index in [9.17, 15) is 0 Å². The van der Waals surface area contributed by atoms with Crippen molar-refractivity contribution in [2.45, 2.75) is 19.4 Å². The Morgan fingerprint density at radius 2 is 1.95 bits per heavy atom. The summed E-state index contributed by atoms with van der Waals surface area (Å²) in [5.74, 6) is 2.32. The Morgan fingerprint density at radius 1 is 1.20 bits per heavy atom. The third-order valence-corrected chi connectivity index (χ3v) is 3.39. The SMILES string of the molecule is CCOc1cc(CCl)cc(Br)c1OCc1ncccn1. The zero-order valence-corrected chi connectivity index (χ0v) is 13.3. The summed E-state index contributed by atoms with van der Waals surface area (Å²) in [6, 6.07) is 5.56. The van der Waals surface area contributed by atoms with Crippen molar-refractivity contribution in [1.29, 1.82) is 0 Å². The van der Waals surface area contributed by atoms with E-state index >= 15 is 0 Å². The van der Waals surface area contributed by atoms with Crippen molar-refractivity contribution in [2.75, 3.05) is 6.61 Å². The van der Waals surface area contributed by atoms with Crippen LogP contribution in [0.15, 0.2) is 35.1 Å². The van der Waals surface area contributed by atoms with E-state index < -0.39 is 0 Å². The largest absolute Gasteiger partial charge is 0.490 e. The van der Waals surface area contributed by atoms with Gasteiger partial charge in [0.1, 0.15) is 6.61 Å². The van der Waals surface area contributed by atoms with E-state index in [0.29, 0.717) is 29.8 Å². The Bertz CT molecular complexity index is 567. The fraction of sp³-hybridized carbons (Fsp3) is 0.286. The molecule has 0 fully saturated rings. The summed E-state index contributed by atoms with van der Waals surface area (Å²) in [6.45, 7) is 2.75. The minimum Gasteiger partial charge on any atom is -0.490 e. The van der Waals surface area contributed by atoms with Crippen LogP contribution >= 0.6 is 27.5 Å². The van der Waals surface area contributed by atoms with Crippen molar-refractivity contribution in [3.05, 3.63) is 46.5 Å². The Kier molecular flexibility index (Phi) is 5.61. The second kappa shape index (κ2) is 7.45. The van der Waals surface area contributed by atoms with Crippen molar-refractivity contribution < 1.29 is 9.47 Å². The lowest BCUT2D eigenvalue weighted by atomic mass is 10.2. The van der Waals surface area contributed by atoms with E-state index in [1.165, 1.54) is 0 Å². The minimum absolute atomic E-state index is 0.278. The van der Waals surface area contributed by atoms with E-state index in [4.69, 9.17) is 21.1 Å². The molecule has 0 bridgehead atoms. The maximum Gasteiger partial charge on any atom is 0.176 e. The second-order valence-electron chi connectivity index (χ2n) is 3.93. The predicted octanol–water partition coefficient (Wildman–Crippen LogP) is 3.96. The second-order valence-corrected chi connectivity index (χ2v) is 5.05. The molecule has 1 heterocycles. The van der Waals surface area contributed by atoms with Gasteiger partial charge in [0.2, 0.25) is 0 Å². The van der Waals surface area contributed by atoms with Crippen molar-refractivity contribution >= 4 is 27.5 Å². The van der Waals surface area contributed by atoms with Crippen molar-refractivity contribution in [1.82, 2.24) is 9.97 Å². The van der Waals surface area contributed by atoms with Crippen LogP contribution in [-0.4, -0.2) is 16.6 Å². The molecule has 4 nitrogen and oxygen atoms in total. The van der Waals surface area contributed by atoms with Crippen molar-refractivity contribution in [3.63, 3.8) is 0 Å². The van der Waals surface area contributed by atoms with Gasteiger partial charge in [-0.05, 0) is 46.6 Å². The van der Waals surface area contributed by atoms with Crippen LogP contribution in [0.3, 0.4) is 0 Å². The predicted molar refractivity (Wildman–Crippen MR) is 81.2 cm³/mol. The van der Waals surface area contributed by atoms with E-state index in [2.05, 4.69) is 25.9 Å². The maximum atomic E-state index is 5.86. The lowest BCUT2D eigenvalue weighted by molar-refractivity contribution is 0.261. The summed E-state index contributed by atoms with van der Waals surface area (Å²) in [5, 5.41) is 0. The topological polar surface area (TPSA) is 44.2 Å². The number of aromatic nitrogens is 2. The lowest BCUT2D eigenvalue weighted by Gasteiger charge is -2.14. The monoisotopic (exact) mass is 356 g/mol. The third-order valence-electron chi connectivity index (χ3n) is 2.49. The highest BCUT2D eigenvalue weighted by Gasteiger charge is 2.12. The standard InChI is InChI=1S/C14H14BrClN2O2/c1-2-19-12-7-10(8-16)6-11(15)14(12)20-9-13-17-4-3-5-18-13/h3-7H,2,8-9H2,1H3. The van der Waals surface area contributed by atoms with Crippen LogP contribution in [0.25, 0.3) is 0 Å². The number of hydrogen-bond acceptors (Lipinski definition) is 4. The summed E-state index contributed by atoms with van der Waals surface area (Å²) < 4.78 is 12.2. The molecule has 1 aromatic carbocycles. The fourth-order valence-electron chi connectivity index (χ4n) is 1.64. The average molecular weight is 358 g/mol. The Hall–Kier alpha value is -1.33. The zero-order valence-electron chi connectivity index (χ0n) is 11.0. The van der Waals surface area contributed by atoms with Gasteiger partial charge in [-0.15, -0.1) is 11.6 Å².